The van der Waals surface area contributed by atoms with Gasteiger partial charge in [-0.05, 0) is 50.6 Å². The Morgan fingerprint density at radius 2 is 2.04 bits per heavy atom. The minimum absolute atomic E-state index is 0.427. The van der Waals surface area contributed by atoms with Gasteiger partial charge in [-0.15, -0.1) is 0 Å². The fourth-order valence-electron chi connectivity index (χ4n) is 3.56. The van der Waals surface area contributed by atoms with Crippen LogP contribution in [0.1, 0.15) is 45.2 Å². The molecule has 0 spiro atoms. The Kier molecular flexibility index (Phi) is 7.84. The lowest BCUT2D eigenvalue weighted by molar-refractivity contribution is 0.109. The van der Waals surface area contributed by atoms with E-state index >= 15 is 0 Å². The van der Waals surface area contributed by atoms with Gasteiger partial charge in [0.15, 0.2) is 0 Å². The third-order valence-electron chi connectivity index (χ3n) is 4.59. The number of benzene rings is 1. The number of piperazine rings is 1. The molecule has 0 aliphatic carbocycles. The van der Waals surface area contributed by atoms with Crippen molar-refractivity contribution in [1.29, 1.82) is 0 Å². The zero-order chi connectivity index (χ0) is 16.7. The quantitative estimate of drug-likeness (QED) is 0.778. The molecule has 1 fully saturated rings. The summed E-state index contributed by atoms with van der Waals surface area (Å²) < 4.78 is 0. The SMILES string of the molecule is CCCN(CCC)CC(c1cccc(Cl)c1)N1CCNC(C)C1. The van der Waals surface area contributed by atoms with Gasteiger partial charge in [0.25, 0.3) is 0 Å². The van der Waals surface area contributed by atoms with Gasteiger partial charge >= 0.3 is 0 Å². The first-order chi connectivity index (χ1) is 11.1. The lowest BCUT2D eigenvalue weighted by Crippen LogP contribution is -2.52. The van der Waals surface area contributed by atoms with Crippen LogP contribution in [-0.4, -0.2) is 55.1 Å². The summed E-state index contributed by atoms with van der Waals surface area (Å²) in [6.07, 6.45) is 2.42. The molecule has 0 amide bonds. The standard InChI is InChI=1S/C19H32ClN3/c1-4-10-22(11-5-2)15-19(17-7-6-8-18(20)13-17)23-12-9-21-16(3)14-23/h6-8,13,16,19,21H,4-5,9-12,14-15H2,1-3H3. The summed E-state index contributed by atoms with van der Waals surface area (Å²) in [5.41, 5.74) is 1.35. The van der Waals surface area contributed by atoms with Crippen LogP contribution in [0.15, 0.2) is 24.3 Å². The fourth-order valence-corrected chi connectivity index (χ4v) is 3.76. The maximum Gasteiger partial charge on any atom is 0.0476 e. The lowest BCUT2D eigenvalue weighted by Gasteiger charge is -2.40. The van der Waals surface area contributed by atoms with E-state index in [1.165, 1.54) is 31.5 Å². The van der Waals surface area contributed by atoms with E-state index in [2.05, 4.69) is 54.1 Å². The molecular weight excluding hydrogens is 306 g/mol. The van der Waals surface area contributed by atoms with Crippen molar-refractivity contribution in [3.63, 3.8) is 0 Å². The Hall–Kier alpha value is -0.610. The number of rotatable bonds is 8. The molecule has 1 aromatic rings. The summed E-state index contributed by atoms with van der Waals surface area (Å²) in [7, 11) is 0. The first-order valence-electron chi connectivity index (χ1n) is 9.09. The van der Waals surface area contributed by atoms with Gasteiger partial charge in [-0.2, -0.15) is 0 Å². The largest absolute Gasteiger partial charge is 0.312 e. The average molecular weight is 338 g/mol. The Balaban J connectivity index is 2.19. The molecule has 0 radical (unpaired) electrons. The first kappa shape index (κ1) is 18.7. The molecule has 1 aliphatic heterocycles. The van der Waals surface area contributed by atoms with Gasteiger partial charge in [-0.3, -0.25) is 4.90 Å². The minimum Gasteiger partial charge on any atom is -0.312 e. The van der Waals surface area contributed by atoms with Gasteiger partial charge in [0, 0.05) is 43.3 Å². The number of nitrogens with one attached hydrogen (secondary N) is 1. The minimum atomic E-state index is 0.427. The van der Waals surface area contributed by atoms with E-state index in [1.807, 2.05) is 6.07 Å². The van der Waals surface area contributed by atoms with E-state index in [9.17, 15) is 0 Å². The Morgan fingerprint density at radius 1 is 1.30 bits per heavy atom. The van der Waals surface area contributed by atoms with Crippen molar-refractivity contribution in [1.82, 2.24) is 15.1 Å². The molecule has 1 heterocycles. The van der Waals surface area contributed by atoms with Gasteiger partial charge < -0.3 is 10.2 Å². The van der Waals surface area contributed by atoms with E-state index in [0.717, 1.165) is 31.2 Å². The van der Waals surface area contributed by atoms with Crippen molar-refractivity contribution in [2.24, 2.45) is 0 Å². The molecule has 1 aromatic carbocycles. The molecule has 4 heteroatoms. The van der Waals surface area contributed by atoms with Crippen LogP contribution < -0.4 is 5.32 Å². The number of hydrogen-bond acceptors (Lipinski definition) is 3. The van der Waals surface area contributed by atoms with Crippen molar-refractivity contribution in [2.45, 2.75) is 45.7 Å². The van der Waals surface area contributed by atoms with Gasteiger partial charge in [0.1, 0.15) is 0 Å². The molecule has 0 bridgehead atoms. The molecule has 23 heavy (non-hydrogen) atoms. The van der Waals surface area contributed by atoms with Crippen LogP contribution in [-0.2, 0) is 0 Å². The lowest BCUT2D eigenvalue weighted by atomic mass is 10.0. The van der Waals surface area contributed by atoms with Crippen molar-refractivity contribution < 1.29 is 0 Å². The maximum atomic E-state index is 6.27. The van der Waals surface area contributed by atoms with E-state index in [1.54, 1.807) is 0 Å². The second kappa shape index (κ2) is 9.63. The third-order valence-corrected chi connectivity index (χ3v) is 4.82. The van der Waals surface area contributed by atoms with Crippen LogP contribution in [0.2, 0.25) is 5.02 Å². The molecule has 0 aromatic heterocycles. The van der Waals surface area contributed by atoms with Gasteiger partial charge in [-0.1, -0.05) is 37.6 Å². The Labute approximate surface area is 147 Å². The molecule has 2 rings (SSSR count). The fraction of sp³-hybridized carbons (Fsp3) is 0.684. The number of nitrogens with zero attached hydrogens (tertiary/aromatic N) is 2. The van der Waals surface area contributed by atoms with Crippen LogP contribution >= 0.6 is 11.6 Å². The maximum absolute atomic E-state index is 6.27. The molecule has 0 saturated carbocycles. The van der Waals surface area contributed by atoms with Crippen molar-refractivity contribution in [3.05, 3.63) is 34.9 Å². The van der Waals surface area contributed by atoms with Crippen LogP contribution in [0.4, 0.5) is 0 Å². The molecule has 1 saturated heterocycles. The van der Waals surface area contributed by atoms with E-state index in [0.29, 0.717) is 12.1 Å². The van der Waals surface area contributed by atoms with E-state index in [4.69, 9.17) is 11.6 Å². The highest BCUT2D eigenvalue weighted by atomic mass is 35.5. The summed E-state index contributed by atoms with van der Waals surface area (Å²) in [6, 6.07) is 9.42. The molecule has 3 nitrogen and oxygen atoms in total. The van der Waals surface area contributed by atoms with Crippen molar-refractivity contribution >= 4 is 11.6 Å². The van der Waals surface area contributed by atoms with Crippen molar-refractivity contribution in [3.8, 4) is 0 Å². The summed E-state index contributed by atoms with van der Waals surface area (Å²) in [6.45, 7) is 13.5. The van der Waals surface area contributed by atoms with Crippen LogP contribution in [0, 0.1) is 0 Å². The van der Waals surface area contributed by atoms with E-state index < -0.39 is 0 Å². The summed E-state index contributed by atoms with van der Waals surface area (Å²) in [4.78, 5) is 5.24. The topological polar surface area (TPSA) is 18.5 Å². The number of halogens is 1. The predicted octanol–water partition coefficient (Wildman–Crippen LogP) is 3.80. The molecule has 1 N–H and O–H groups in total. The molecule has 2 unspecified atom stereocenters. The monoisotopic (exact) mass is 337 g/mol. The zero-order valence-electron chi connectivity index (χ0n) is 14.9. The van der Waals surface area contributed by atoms with E-state index in [-0.39, 0.29) is 0 Å². The third kappa shape index (κ3) is 5.75. The average Bonchev–Trinajstić information content (AvgIpc) is 2.53. The molecule has 2 atom stereocenters. The molecule has 1 aliphatic rings. The molecule has 130 valence electrons. The Morgan fingerprint density at radius 3 is 2.65 bits per heavy atom. The smallest absolute Gasteiger partial charge is 0.0476 e. The first-order valence-corrected chi connectivity index (χ1v) is 9.47. The second-order valence-corrected chi connectivity index (χ2v) is 7.16. The highest BCUT2D eigenvalue weighted by Gasteiger charge is 2.26. The Bertz CT molecular complexity index is 460. The summed E-state index contributed by atoms with van der Waals surface area (Å²) >= 11 is 6.27. The van der Waals surface area contributed by atoms with Crippen LogP contribution in [0.25, 0.3) is 0 Å². The van der Waals surface area contributed by atoms with Crippen molar-refractivity contribution in [2.75, 3.05) is 39.3 Å². The zero-order valence-corrected chi connectivity index (χ0v) is 15.6. The van der Waals surface area contributed by atoms with Gasteiger partial charge in [0.05, 0.1) is 0 Å². The predicted molar refractivity (Wildman–Crippen MR) is 100 cm³/mol. The molecular formula is C19H32ClN3. The highest BCUT2D eigenvalue weighted by Crippen LogP contribution is 2.26. The van der Waals surface area contributed by atoms with Crippen LogP contribution in [0.5, 0.6) is 0 Å². The van der Waals surface area contributed by atoms with Gasteiger partial charge in [-0.25, -0.2) is 0 Å². The summed E-state index contributed by atoms with van der Waals surface area (Å²) in [5.74, 6) is 0. The number of hydrogen-bond donors (Lipinski definition) is 1. The summed E-state index contributed by atoms with van der Waals surface area (Å²) in [5, 5.41) is 4.39. The van der Waals surface area contributed by atoms with Crippen LogP contribution in [0.3, 0.4) is 0 Å². The van der Waals surface area contributed by atoms with Gasteiger partial charge in [0.2, 0.25) is 0 Å². The second-order valence-electron chi connectivity index (χ2n) is 6.72. The highest BCUT2D eigenvalue weighted by molar-refractivity contribution is 6.30. The normalized spacial score (nSPS) is 20.8.